The van der Waals surface area contributed by atoms with Crippen molar-refractivity contribution in [2.24, 2.45) is 0 Å². The molecule has 2 N–H and O–H groups in total. The van der Waals surface area contributed by atoms with Crippen molar-refractivity contribution in [1.82, 2.24) is 15.1 Å². The molecule has 0 unspecified atom stereocenters. The van der Waals surface area contributed by atoms with Gasteiger partial charge in [0.25, 0.3) is 0 Å². The fourth-order valence-corrected chi connectivity index (χ4v) is 6.37. The van der Waals surface area contributed by atoms with Crippen LogP contribution in [0.2, 0.25) is 0 Å². The summed E-state index contributed by atoms with van der Waals surface area (Å²) in [6.07, 6.45) is 3.30. The lowest BCUT2D eigenvalue weighted by Gasteiger charge is -2.42. The van der Waals surface area contributed by atoms with Gasteiger partial charge in [-0.3, -0.25) is 14.5 Å². The molecule has 5 rings (SSSR count). The van der Waals surface area contributed by atoms with Gasteiger partial charge in [0.15, 0.2) is 0 Å². The number of aromatic carboxylic acids is 1. The van der Waals surface area contributed by atoms with Crippen LogP contribution in [0.5, 0.6) is 0 Å². The Bertz CT molecular complexity index is 1620. The van der Waals surface area contributed by atoms with Crippen LogP contribution in [0.4, 0.5) is 0 Å². The number of carboxylic acid groups (broad SMARTS) is 1. The molecule has 0 saturated carbocycles. The van der Waals surface area contributed by atoms with Crippen molar-refractivity contribution in [3.63, 3.8) is 0 Å². The van der Waals surface area contributed by atoms with Gasteiger partial charge in [-0.2, -0.15) is 0 Å². The number of aryl methyl sites for hydroxylation is 1. The molecule has 0 aromatic heterocycles. The van der Waals surface area contributed by atoms with E-state index in [0.29, 0.717) is 32.4 Å². The fourth-order valence-electron chi connectivity index (χ4n) is 6.37. The zero-order valence-corrected chi connectivity index (χ0v) is 26.5. The lowest BCUT2D eigenvalue weighted by Crippen LogP contribution is -2.55. The van der Waals surface area contributed by atoms with Gasteiger partial charge in [-0.15, -0.1) is 0 Å². The summed E-state index contributed by atoms with van der Waals surface area (Å²) < 4.78 is 0. The molecule has 1 saturated heterocycles. The fraction of sp³-hybridized carbons (Fsp3) is 0.308. The molecule has 0 spiro atoms. The van der Waals surface area contributed by atoms with Crippen LogP contribution in [-0.4, -0.2) is 64.9 Å². The predicted octanol–water partition coefficient (Wildman–Crippen LogP) is 5.54. The average Bonchev–Trinajstić information content (AvgIpc) is 3.06. The number of amides is 2. The quantitative estimate of drug-likeness (QED) is 0.206. The number of nitrogens with one attached hydrogen (secondary N) is 1. The summed E-state index contributed by atoms with van der Waals surface area (Å²) in [5, 5.41) is 12.2. The van der Waals surface area contributed by atoms with E-state index in [9.17, 15) is 19.5 Å². The van der Waals surface area contributed by atoms with E-state index in [1.165, 1.54) is 34.7 Å². The summed E-state index contributed by atoms with van der Waals surface area (Å²) in [4.78, 5) is 41.1. The first-order chi connectivity index (χ1) is 22.4. The molecule has 0 radical (unpaired) electrons. The predicted molar refractivity (Wildman–Crippen MR) is 181 cm³/mol. The minimum atomic E-state index is -0.941. The van der Waals surface area contributed by atoms with E-state index < -0.39 is 5.97 Å². The zero-order valence-electron chi connectivity index (χ0n) is 26.5. The van der Waals surface area contributed by atoms with Crippen LogP contribution in [0.25, 0.3) is 0 Å². The summed E-state index contributed by atoms with van der Waals surface area (Å²) in [7, 11) is 0. The van der Waals surface area contributed by atoms with Crippen molar-refractivity contribution in [3.8, 4) is 0 Å². The van der Waals surface area contributed by atoms with Gasteiger partial charge in [-0.25, -0.2) is 4.79 Å². The highest BCUT2D eigenvalue weighted by atomic mass is 16.4. The number of hydrogen-bond donors (Lipinski definition) is 2. The zero-order chi connectivity index (χ0) is 32.3. The average molecular weight is 618 g/mol. The molecule has 2 amide bonds. The first-order valence-electron chi connectivity index (χ1n) is 16.1. The molecule has 1 atom stereocenters. The highest BCUT2D eigenvalue weighted by Crippen LogP contribution is 2.22. The second kappa shape index (κ2) is 16.0. The van der Waals surface area contributed by atoms with Crippen molar-refractivity contribution in [3.05, 3.63) is 142 Å². The van der Waals surface area contributed by atoms with Gasteiger partial charge in [0.1, 0.15) is 0 Å². The molecule has 0 aliphatic carbocycles. The summed E-state index contributed by atoms with van der Waals surface area (Å²) in [6.45, 7) is 5.19. The first kappa shape index (κ1) is 32.6. The maximum Gasteiger partial charge on any atom is 0.335 e. The van der Waals surface area contributed by atoms with Gasteiger partial charge in [-0.05, 0) is 71.2 Å². The largest absolute Gasteiger partial charge is 0.478 e. The lowest BCUT2D eigenvalue weighted by molar-refractivity contribution is -0.136. The van der Waals surface area contributed by atoms with Crippen LogP contribution in [-0.2, 0) is 41.8 Å². The van der Waals surface area contributed by atoms with Crippen molar-refractivity contribution in [1.29, 1.82) is 0 Å². The van der Waals surface area contributed by atoms with Crippen molar-refractivity contribution in [2.75, 3.05) is 26.2 Å². The van der Waals surface area contributed by atoms with Crippen molar-refractivity contribution < 1.29 is 19.5 Å². The van der Waals surface area contributed by atoms with Crippen LogP contribution in [0.3, 0.4) is 0 Å². The Hall–Kier alpha value is -4.75. The number of nitrogens with zero attached hydrogens (tertiary/aromatic N) is 2. The Labute approximate surface area is 271 Å². The van der Waals surface area contributed by atoms with Gasteiger partial charge in [-0.1, -0.05) is 91.0 Å². The molecule has 4 aromatic rings. The number of carbonyl (C=O) groups excluding carboxylic acids is 2. The molecule has 0 bridgehead atoms. The molecule has 46 heavy (non-hydrogen) atoms. The lowest BCUT2D eigenvalue weighted by atomic mass is 9.93. The van der Waals surface area contributed by atoms with Gasteiger partial charge in [0, 0.05) is 52.1 Å². The molecule has 4 aromatic carbocycles. The van der Waals surface area contributed by atoms with Crippen LogP contribution < -0.4 is 5.32 Å². The van der Waals surface area contributed by atoms with Gasteiger partial charge >= 0.3 is 5.97 Å². The third kappa shape index (κ3) is 9.14. The summed E-state index contributed by atoms with van der Waals surface area (Å²) in [5.74, 6) is -0.815. The molecular formula is C39H43N3O4. The topological polar surface area (TPSA) is 90.0 Å². The summed E-state index contributed by atoms with van der Waals surface area (Å²) in [6, 6.07) is 34.1. The molecular weight excluding hydrogens is 574 g/mol. The third-order valence-corrected chi connectivity index (χ3v) is 8.80. The number of benzene rings is 4. The Morgan fingerprint density at radius 2 is 1.35 bits per heavy atom. The Balaban J connectivity index is 1.27. The second-order valence-electron chi connectivity index (χ2n) is 12.1. The Kier molecular flexibility index (Phi) is 11.4. The number of carbonyl (C=O) groups is 3. The first-order valence-corrected chi connectivity index (χ1v) is 16.1. The highest BCUT2D eigenvalue weighted by Gasteiger charge is 2.30. The van der Waals surface area contributed by atoms with Crippen molar-refractivity contribution in [2.45, 2.75) is 51.6 Å². The van der Waals surface area contributed by atoms with Crippen LogP contribution in [0.1, 0.15) is 57.1 Å². The Morgan fingerprint density at radius 3 is 1.98 bits per heavy atom. The third-order valence-electron chi connectivity index (χ3n) is 8.80. The normalized spacial score (nSPS) is 15.0. The molecule has 238 valence electrons. The van der Waals surface area contributed by atoms with Gasteiger partial charge < -0.3 is 15.3 Å². The standard InChI is InChI=1S/C39H43N3O4/c1-29(43)40-22-21-33-12-6-8-14-36(33)26-35-13-7-5-11-32(35)19-20-38(44)42-24-23-41(27-31-9-3-2-4-10-31)28-37(42)25-30-15-17-34(18-16-30)39(45)46/h2-18,37H,19-28H2,1H3,(H,40,43)(H,45,46)/t37-/m1/s1. The van der Waals surface area contributed by atoms with Crippen LogP contribution in [0, 0.1) is 0 Å². The van der Waals surface area contributed by atoms with Gasteiger partial charge in [0.2, 0.25) is 11.8 Å². The SMILES string of the molecule is CC(=O)NCCc1ccccc1Cc1ccccc1CCC(=O)N1CCN(Cc2ccccc2)C[C@H]1Cc1ccc(C(=O)O)cc1. The molecule has 1 heterocycles. The monoisotopic (exact) mass is 617 g/mol. The minimum absolute atomic E-state index is 0.00799. The van der Waals surface area contributed by atoms with Gasteiger partial charge in [0.05, 0.1) is 5.56 Å². The van der Waals surface area contributed by atoms with E-state index >= 15 is 0 Å². The van der Waals surface area contributed by atoms with E-state index in [1.807, 2.05) is 35.2 Å². The molecule has 1 fully saturated rings. The highest BCUT2D eigenvalue weighted by molar-refractivity contribution is 5.87. The van der Waals surface area contributed by atoms with Crippen LogP contribution in [0.15, 0.2) is 103 Å². The van der Waals surface area contributed by atoms with Crippen molar-refractivity contribution >= 4 is 17.8 Å². The number of hydrogen-bond acceptors (Lipinski definition) is 4. The maximum atomic E-state index is 13.9. The van der Waals surface area contributed by atoms with E-state index in [2.05, 4.69) is 70.9 Å². The number of piperazine rings is 1. The molecule has 1 aliphatic heterocycles. The second-order valence-corrected chi connectivity index (χ2v) is 12.1. The number of rotatable bonds is 13. The van der Waals surface area contributed by atoms with E-state index in [1.54, 1.807) is 12.1 Å². The summed E-state index contributed by atoms with van der Waals surface area (Å²) in [5.41, 5.74) is 7.38. The maximum absolute atomic E-state index is 13.9. The Morgan fingerprint density at radius 1 is 0.739 bits per heavy atom. The molecule has 7 nitrogen and oxygen atoms in total. The van der Waals surface area contributed by atoms with Crippen LogP contribution >= 0.6 is 0 Å². The minimum Gasteiger partial charge on any atom is -0.478 e. The van der Waals surface area contributed by atoms with E-state index in [0.717, 1.165) is 38.0 Å². The summed E-state index contributed by atoms with van der Waals surface area (Å²) >= 11 is 0. The smallest absolute Gasteiger partial charge is 0.335 e. The van der Waals surface area contributed by atoms with E-state index in [4.69, 9.17) is 0 Å². The molecule has 7 heteroatoms. The number of carboxylic acids is 1. The molecule has 1 aliphatic rings. The van der Waals surface area contributed by atoms with E-state index in [-0.39, 0.29) is 23.4 Å².